The maximum atomic E-state index is 3.53. The highest BCUT2D eigenvalue weighted by molar-refractivity contribution is 5.37. The van der Waals surface area contributed by atoms with E-state index in [0.29, 0.717) is 5.92 Å². The molecule has 0 amide bonds. The Kier molecular flexibility index (Phi) is 3.65. The summed E-state index contributed by atoms with van der Waals surface area (Å²) in [4.78, 5) is 0. The first kappa shape index (κ1) is 11.7. The van der Waals surface area contributed by atoms with E-state index in [1.807, 2.05) is 0 Å². The number of hydrogen-bond acceptors (Lipinski definition) is 1. The molecule has 1 aliphatic rings. The van der Waals surface area contributed by atoms with Gasteiger partial charge in [-0.25, -0.2) is 0 Å². The summed E-state index contributed by atoms with van der Waals surface area (Å²) in [6.45, 7) is 9.05. The third-order valence-electron chi connectivity index (χ3n) is 3.99. The Morgan fingerprint density at radius 2 is 2.19 bits per heavy atom. The van der Waals surface area contributed by atoms with Crippen molar-refractivity contribution in [3.05, 3.63) is 34.9 Å². The lowest BCUT2D eigenvalue weighted by atomic mass is 9.86. The van der Waals surface area contributed by atoms with E-state index in [2.05, 4.69) is 44.3 Å². The van der Waals surface area contributed by atoms with Gasteiger partial charge in [-0.2, -0.15) is 0 Å². The van der Waals surface area contributed by atoms with Gasteiger partial charge in [-0.05, 0) is 41.4 Å². The van der Waals surface area contributed by atoms with Crippen molar-refractivity contribution in [1.82, 2.24) is 5.32 Å². The van der Waals surface area contributed by atoms with E-state index in [1.165, 1.54) is 24.0 Å². The minimum Gasteiger partial charge on any atom is -0.312 e. The molecular formula is C15H23N. The predicted molar refractivity (Wildman–Crippen MR) is 69.9 cm³/mol. The van der Waals surface area contributed by atoms with Crippen LogP contribution >= 0.6 is 0 Å². The van der Waals surface area contributed by atoms with Crippen LogP contribution in [0.1, 0.15) is 62.1 Å². The fourth-order valence-electron chi connectivity index (χ4n) is 2.57. The molecule has 0 bridgehead atoms. The average molecular weight is 217 g/mol. The number of nitrogens with one attached hydrogen (secondary N) is 1. The van der Waals surface area contributed by atoms with Gasteiger partial charge in [0.05, 0.1) is 0 Å². The van der Waals surface area contributed by atoms with E-state index in [0.717, 1.165) is 19.0 Å². The molecule has 2 rings (SSSR count). The zero-order valence-corrected chi connectivity index (χ0v) is 10.7. The molecule has 0 spiro atoms. The van der Waals surface area contributed by atoms with E-state index in [-0.39, 0.29) is 0 Å². The van der Waals surface area contributed by atoms with Crippen LogP contribution < -0.4 is 5.32 Å². The average Bonchev–Trinajstić information content (AvgIpc) is 2.36. The van der Waals surface area contributed by atoms with Gasteiger partial charge >= 0.3 is 0 Å². The molecule has 0 saturated carbocycles. The summed E-state index contributed by atoms with van der Waals surface area (Å²) in [6.07, 6.45) is 2.46. The Morgan fingerprint density at radius 3 is 2.88 bits per heavy atom. The lowest BCUT2D eigenvalue weighted by molar-refractivity contribution is 0.529. The van der Waals surface area contributed by atoms with Gasteiger partial charge in [-0.15, -0.1) is 0 Å². The second-order valence-corrected chi connectivity index (χ2v) is 5.00. The van der Waals surface area contributed by atoms with Crippen LogP contribution in [0.4, 0.5) is 0 Å². The Balaban J connectivity index is 2.31. The van der Waals surface area contributed by atoms with Crippen LogP contribution in [-0.4, -0.2) is 6.54 Å². The lowest BCUT2D eigenvalue weighted by Gasteiger charge is -2.26. The molecule has 1 aliphatic heterocycles. The molecule has 0 saturated heterocycles. The van der Waals surface area contributed by atoms with Gasteiger partial charge in [-0.3, -0.25) is 0 Å². The minimum atomic E-state index is 0.687. The van der Waals surface area contributed by atoms with Crippen molar-refractivity contribution < 1.29 is 0 Å². The summed E-state index contributed by atoms with van der Waals surface area (Å²) in [6, 6.07) is 7.12. The van der Waals surface area contributed by atoms with E-state index in [9.17, 15) is 0 Å². The Morgan fingerprint density at radius 1 is 1.38 bits per heavy atom. The monoisotopic (exact) mass is 217 g/mol. The molecule has 1 N–H and O–H groups in total. The highest BCUT2D eigenvalue weighted by Gasteiger charge is 2.18. The van der Waals surface area contributed by atoms with E-state index >= 15 is 0 Å². The molecule has 1 nitrogen and oxygen atoms in total. The zero-order chi connectivity index (χ0) is 11.5. The van der Waals surface area contributed by atoms with Gasteiger partial charge in [0, 0.05) is 13.1 Å². The van der Waals surface area contributed by atoms with Gasteiger partial charge in [-0.1, -0.05) is 39.0 Å². The molecule has 0 fully saturated rings. The zero-order valence-electron chi connectivity index (χ0n) is 10.7. The SMILES string of the molecule is CCC(C)c1ccc2c(c1)CNCC2CC. The highest BCUT2D eigenvalue weighted by Crippen LogP contribution is 2.29. The largest absolute Gasteiger partial charge is 0.312 e. The van der Waals surface area contributed by atoms with Crippen LogP contribution in [0, 0.1) is 0 Å². The van der Waals surface area contributed by atoms with Gasteiger partial charge in [0.25, 0.3) is 0 Å². The van der Waals surface area contributed by atoms with E-state index < -0.39 is 0 Å². The van der Waals surface area contributed by atoms with Crippen molar-refractivity contribution in [2.24, 2.45) is 0 Å². The Labute approximate surface area is 99.3 Å². The maximum absolute atomic E-state index is 3.53. The van der Waals surface area contributed by atoms with Crippen LogP contribution in [0.2, 0.25) is 0 Å². The summed E-state index contributed by atoms with van der Waals surface area (Å²) in [5.41, 5.74) is 4.60. The first-order valence-electron chi connectivity index (χ1n) is 6.59. The van der Waals surface area contributed by atoms with Crippen LogP contribution in [0.25, 0.3) is 0 Å². The third-order valence-corrected chi connectivity index (χ3v) is 3.99. The fourth-order valence-corrected chi connectivity index (χ4v) is 2.57. The first-order valence-corrected chi connectivity index (χ1v) is 6.59. The number of hydrogen-bond donors (Lipinski definition) is 1. The lowest BCUT2D eigenvalue weighted by Crippen LogP contribution is -2.28. The van der Waals surface area contributed by atoms with Gasteiger partial charge in [0.15, 0.2) is 0 Å². The maximum Gasteiger partial charge on any atom is 0.0208 e. The second kappa shape index (κ2) is 5.01. The summed E-state index contributed by atoms with van der Waals surface area (Å²) in [5, 5.41) is 3.53. The Hall–Kier alpha value is -0.820. The highest BCUT2D eigenvalue weighted by atomic mass is 14.9. The van der Waals surface area contributed by atoms with Crippen LogP contribution in [0.3, 0.4) is 0 Å². The van der Waals surface area contributed by atoms with E-state index in [4.69, 9.17) is 0 Å². The van der Waals surface area contributed by atoms with Gasteiger partial charge in [0.2, 0.25) is 0 Å². The normalized spacial score (nSPS) is 21.6. The van der Waals surface area contributed by atoms with Crippen molar-refractivity contribution in [3.63, 3.8) is 0 Å². The minimum absolute atomic E-state index is 0.687. The molecule has 1 heterocycles. The predicted octanol–water partition coefficient (Wildman–Crippen LogP) is 3.80. The molecule has 0 aliphatic carbocycles. The van der Waals surface area contributed by atoms with Gasteiger partial charge < -0.3 is 5.32 Å². The van der Waals surface area contributed by atoms with Gasteiger partial charge in [0.1, 0.15) is 0 Å². The molecule has 1 heteroatoms. The molecular weight excluding hydrogens is 194 g/mol. The first-order chi connectivity index (χ1) is 7.76. The van der Waals surface area contributed by atoms with Crippen molar-refractivity contribution in [3.8, 4) is 0 Å². The molecule has 16 heavy (non-hydrogen) atoms. The topological polar surface area (TPSA) is 12.0 Å². The molecule has 2 atom stereocenters. The smallest absolute Gasteiger partial charge is 0.0208 e. The second-order valence-electron chi connectivity index (χ2n) is 5.00. The van der Waals surface area contributed by atoms with Crippen LogP contribution in [0.15, 0.2) is 18.2 Å². The molecule has 88 valence electrons. The summed E-state index contributed by atoms with van der Waals surface area (Å²) >= 11 is 0. The molecule has 2 unspecified atom stereocenters. The molecule has 1 aromatic rings. The number of fused-ring (bicyclic) bond motifs is 1. The number of rotatable bonds is 3. The fraction of sp³-hybridized carbons (Fsp3) is 0.600. The summed E-state index contributed by atoms with van der Waals surface area (Å²) in [7, 11) is 0. The number of benzene rings is 1. The Bertz CT molecular complexity index is 356. The van der Waals surface area contributed by atoms with Crippen molar-refractivity contribution in [2.75, 3.05) is 6.54 Å². The van der Waals surface area contributed by atoms with Crippen molar-refractivity contribution in [2.45, 2.75) is 52.0 Å². The summed E-state index contributed by atoms with van der Waals surface area (Å²) < 4.78 is 0. The molecule has 0 aromatic heterocycles. The van der Waals surface area contributed by atoms with Crippen LogP contribution in [0.5, 0.6) is 0 Å². The van der Waals surface area contributed by atoms with Crippen molar-refractivity contribution >= 4 is 0 Å². The quantitative estimate of drug-likeness (QED) is 0.812. The van der Waals surface area contributed by atoms with E-state index in [1.54, 1.807) is 5.56 Å². The molecule has 0 radical (unpaired) electrons. The van der Waals surface area contributed by atoms with Crippen molar-refractivity contribution in [1.29, 1.82) is 0 Å². The molecule has 1 aromatic carbocycles. The third kappa shape index (κ3) is 2.15. The summed E-state index contributed by atoms with van der Waals surface area (Å²) in [5.74, 6) is 1.40. The van der Waals surface area contributed by atoms with Crippen LogP contribution in [-0.2, 0) is 6.54 Å². The standard InChI is InChI=1S/C15H23N/c1-4-11(3)13-6-7-15-12(5-2)9-16-10-14(15)8-13/h6-8,11-12,16H,4-5,9-10H2,1-3H3.